The van der Waals surface area contributed by atoms with Crippen LogP contribution in [0.15, 0.2) is 48.5 Å². The molecule has 2 aromatic rings. The van der Waals surface area contributed by atoms with Gasteiger partial charge in [-0.2, -0.15) is 13.2 Å². The maximum Gasteiger partial charge on any atom is 0.416 e. The molecular weight excluding hydrogens is 328 g/mol. The van der Waals surface area contributed by atoms with Crippen LogP contribution in [0.25, 0.3) is 0 Å². The average Bonchev–Trinajstić information content (AvgIpc) is 2.46. The molecule has 0 unspecified atom stereocenters. The maximum absolute atomic E-state index is 12.6. The molecule has 0 aliphatic rings. The van der Waals surface area contributed by atoms with E-state index in [0.29, 0.717) is 18.3 Å². The molecule has 0 amide bonds. The summed E-state index contributed by atoms with van der Waals surface area (Å²) in [6.45, 7) is 8.23. The van der Waals surface area contributed by atoms with E-state index in [2.05, 4.69) is 13.8 Å². The van der Waals surface area contributed by atoms with Crippen LogP contribution in [0, 0.1) is 17.7 Å². The predicted octanol–water partition coefficient (Wildman–Crippen LogP) is 6.93. The lowest BCUT2D eigenvalue weighted by Gasteiger charge is -2.09. The Kier molecular flexibility index (Phi) is 8.14. The Balaban J connectivity index is 0.000000257. The fourth-order valence-corrected chi connectivity index (χ4v) is 2.48. The highest BCUT2D eigenvalue weighted by atomic mass is 19.4. The van der Waals surface area contributed by atoms with Gasteiger partial charge in [0.2, 0.25) is 0 Å². The monoisotopic (exact) mass is 354 g/mol. The van der Waals surface area contributed by atoms with Crippen molar-refractivity contribution in [1.29, 1.82) is 0 Å². The number of halogens is 4. The van der Waals surface area contributed by atoms with Crippen LogP contribution in [-0.2, 0) is 19.0 Å². The van der Waals surface area contributed by atoms with Crippen molar-refractivity contribution in [2.45, 2.75) is 46.7 Å². The Bertz CT molecular complexity index is 642. The normalized spacial score (nSPS) is 11.4. The highest BCUT2D eigenvalue weighted by Gasteiger charge is 2.30. The van der Waals surface area contributed by atoms with E-state index in [4.69, 9.17) is 0 Å². The van der Waals surface area contributed by atoms with Crippen LogP contribution in [-0.4, -0.2) is 0 Å². The summed E-state index contributed by atoms with van der Waals surface area (Å²) in [6.07, 6.45) is -2.59. The highest BCUT2D eigenvalue weighted by Crippen LogP contribution is 2.29. The molecule has 0 atom stereocenters. The Hall–Kier alpha value is -1.84. The van der Waals surface area contributed by atoms with Gasteiger partial charge in [-0.3, -0.25) is 0 Å². The van der Waals surface area contributed by atoms with Gasteiger partial charge in [-0.15, -0.1) is 0 Å². The second-order valence-corrected chi connectivity index (χ2v) is 7.02. The van der Waals surface area contributed by atoms with Gasteiger partial charge < -0.3 is 0 Å². The third kappa shape index (κ3) is 8.71. The van der Waals surface area contributed by atoms with Crippen LogP contribution in [0.1, 0.15) is 44.4 Å². The zero-order valence-electron chi connectivity index (χ0n) is 15.2. The standard InChI is InChI=1S/C11H13F3.C10H13F/c1-8(2)6-9-4-3-5-10(7-9)11(12,13)14;1-8(2)6-9-4-3-5-10(11)7-9/h3-5,7-8H,6H2,1-2H3;3-5,7-8H,6H2,1-2H3. The van der Waals surface area contributed by atoms with Crippen molar-refractivity contribution in [2.75, 3.05) is 0 Å². The van der Waals surface area contributed by atoms with Crippen LogP contribution < -0.4 is 0 Å². The van der Waals surface area contributed by atoms with Crippen molar-refractivity contribution < 1.29 is 17.6 Å². The lowest BCUT2D eigenvalue weighted by Crippen LogP contribution is -2.05. The van der Waals surface area contributed by atoms with E-state index in [1.807, 2.05) is 19.9 Å². The molecule has 0 spiro atoms. The average molecular weight is 354 g/mol. The molecule has 138 valence electrons. The smallest absolute Gasteiger partial charge is 0.207 e. The minimum Gasteiger partial charge on any atom is -0.207 e. The van der Waals surface area contributed by atoms with Gasteiger partial charge in [-0.25, -0.2) is 4.39 Å². The summed E-state index contributed by atoms with van der Waals surface area (Å²) in [5.41, 5.74) is 1.27. The molecule has 0 fully saturated rings. The van der Waals surface area contributed by atoms with Crippen LogP contribution in [0.4, 0.5) is 17.6 Å². The summed E-state index contributed by atoms with van der Waals surface area (Å²) in [7, 11) is 0. The van der Waals surface area contributed by atoms with Crippen molar-refractivity contribution in [1.82, 2.24) is 0 Å². The molecule has 0 aliphatic carbocycles. The first-order valence-electron chi connectivity index (χ1n) is 8.48. The minimum absolute atomic E-state index is 0.136. The first kappa shape index (κ1) is 21.2. The molecule has 25 heavy (non-hydrogen) atoms. The Morgan fingerprint density at radius 1 is 0.760 bits per heavy atom. The van der Waals surface area contributed by atoms with E-state index >= 15 is 0 Å². The second-order valence-electron chi connectivity index (χ2n) is 7.02. The van der Waals surface area contributed by atoms with E-state index in [1.165, 1.54) is 18.2 Å². The fourth-order valence-electron chi connectivity index (χ4n) is 2.48. The number of alkyl halides is 3. The van der Waals surface area contributed by atoms with Gasteiger partial charge >= 0.3 is 6.18 Å². The Labute approximate surface area is 147 Å². The van der Waals surface area contributed by atoms with Crippen molar-refractivity contribution >= 4 is 0 Å². The first-order chi connectivity index (χ1) is 11.6. The van der Waals surface area contributed by atoms with Gasteiger partial charge in [0.05, 0.1) is 5.56 Å². The topological polar surface area (TPSA) is 0 Å². The van der Waals surface area contributed by atoms with Gasteiger partial charge in [0, 0.05) is 0 Å². The SMILES string of the molecule is CC(C)Cc1cccc(C(F)(F)F)c1.CC(C)Cc1cccc(F)c1. The molecule has 0 N–H and O–H groups in total. The van der Waals surface area contributed by atoms with Crippen molar-refractivity contribution in [3.8, 4) is 0 Å². The predicted molar refractivity (Wildman–Crippen MR) is 94.9 cm³/mol. The molecule has 0 aromatic heterocycles. The quantitative estimate of drug-likeness (QED) is 0.522. The van der Waals surface area contributed by atoms with Gasteiger partial charge in [0.1, 0.15) is 5.82 Å². The molecule has 4 heteroatoms. The largest absolute Gasteiger partial charge is 0.416 e. The van der Waals surface area contributed by atoms with Crippen LogP contribution in [0.3, 0.4) is 0 Å². The lowest BCUT2D eigenvalue weighted by atomic mass is 10.0. The van der Waals surface area contributed by atoms with Crippen LogP contribution >= 0.6 is 0 Å². The summed E-state index contributed by atoms with van der Waals surface area (Å²) in [5.74, 6) is 0.832. The molecule has 2 aromatic carbocycles. The van der Waals surface area contributed by atoms with Crippen LogP contribution in [0.5, 0.6) is 0 Å². The number of rotatable bonds is 4. The fraction of sp³-hybridized carbons (Fsp3) is 0.429. The van der Waals surface area contributed by atoms with E-state index in [1.54, 1.807) is 18.2 Å². The first-order valence-corrected chi connectivity index (χ1v) is 8.48. The summed E-state index contributed by atoms with van der Waals surface area (Å²) in [4.78, 5) is 0. The summed E-state index contributed by atoms with van der Waals surface area (Å²) in [5, 5.41) is 0. The van der Waals surface area contributed by atoms with E-state index in [9.17, 15) is 17.6 Å². The lowest BCUT2D eigenvalue weighted by molar-refractivity contribution is -0.137. The molecule has 0 saturated carbocycles. The third-order valence-electron chi connectivity index (χ3n) is 3.43. The minimum atomic E-state index is -4.23. The third-order valence-corrected chi connectivity index (χ3v) is 3.43. The second kappa shape index (κ2) is 9.59. The zero-order chi connectivity index (χ0) is 19.0. The Morgan fingerprint density at radius 2 is 1.24 bits per heavy atom. The van der Waals surface area contributed by atoms with Gasteiger partial charge in [-0.1, -0.05) is 58.0 Å². The van der Waals surface area contributed by atoms with Gasteiger partial charge in [0.25, 0.3) is 0 Å². The summed E-state index contributed by atoms with van der Waals surface area (Å²) in [6, 6.07) is 12.3. The van der Waals surface area contributed by atoms with E-state index in [0.717, 1.165) is 23.6 Å². The summed E-state index contributed by atoms with van der Waals surface area (Å²) >= 11 is 0. The molecular formula is C21H26F4. The van der Waals surface area contributed by atoms with Crippen molar-refractivity contribution in [3.63, 3.8) is 0 Å². The molecule has 0 heterocycles. The van der Waals surface area contributed by atoms with E-state index in [-0.39, 0.29) is 5.82 Å². The molecule has 0 nitrogen and oxygen atoms in total. The molecule has 0 bridgehead atoms. The van der Waals surface area contributed by atoms with Gasteiger partial charge in [-0.05, 0) is 54.0 Å². The summed E-state index contributed by atoms with van der Waals surface area (Å²) < 4.78 is 49.5. The molecule has 0 saturated heterocycles. The van der Waals surface area contributed by atoms with Crippen LogP contribution in [0.2, 0.25) is 0 Å². The maximum atomic E-state index is 12.6. The number of hydrogen-bond donors (Lipinski definition) is 0. The van der Waals surface area contributed by atoms with Crippen molar-refractivity contribution in [3.05, 3.63) is 71.0 Å². The highest BCUT2D eigenvalue weighted by molar-refractivity contribution is 5.25. The molecule has 2 rings (SSSR count). The van der Waals surface area contributed by atoms with E-state index < -0.39 is 11.7 Å². The molecule has 0 aliphatic heterocycles. The van der Waals surface area contributed by atoms with Gasteiger partial charge in [0.15, 0.2) is 0 Å². The molecule has 0 radical (unpaired) electrons. The van der Waals surface area contributed by atoms with Crippen molar-refractivity contribution in [2.24, 2.45) is 11.8 Å². The zero-order valence-corrected chi connectivity index (χ0v) is 15.2. The Morgan fingerprint density at radius 3 is 1.68 bits per heavy atom. The number of hydrogen-bond acceptors (Lipinski definition) is 0. The number of benzene rings is 2.